The molecule has 0 spiro atoms. The quantitative estimate of drug-likeness (QED) is 0.206. The molecule has 0 aromatic carbocycles. The molecule has 0 aromatic rings. The van der Waals surface area contributed by atoms with Gasteiger partial charge in [-0.1, -0.05) is 76.9 Å². The number of carbonyl (C=O) groups excluding carboxylic acids is 1. The van der Waals surface area contributed by atoms with E-state index < -0.39 is 11.7 Å². The van der Waals surface area contributed by atoms with E-state index in [-0.39, 0.29) is 6.42 Å². The number of hydrogen-bond acceptors (Lipinski definition) is 3. The summed E-state index contributed by atoms with van der Waals surface area (Å²) in [4.78, 5) is 10.7. The molecule has 24 heavy (non-hydrogen) atoms. The van der Waals surface area contributed by atoms with Crippen LogP contribution in [-0.4, -0.2) is 21.9 Å². The van der Waals surface area contributed by atoms with E-state index >= 15 is 0 Å². The second-order valence-electron chi connectivity index (χ2n) is 6.87. The summed E-state index contributed by atoms with van der Waals surface area (Å²) >= 11 is 0. The molecular weight excluding hydrogens is 302 g/mol. The van der Waals surface area contributed by atoms with Crippen molar-refractivity contribution in [3.8, 4) is 0 Å². The maximum Gasteiger partial charge on any atom is 0.277 e. The minimum Gasteiger partial charge on any atom is -0.365 e. The van der Waals surface area contributed by atoms with Crippen molar-refractivity contribution in [3.05, 3.63) is 12.2 Å². The van der Waals surface area contributed by atoms with E-state index in [2.05, 4.69) is 19.1 Å². The van der Waals surface area contributed by atoms with Crippen LogP contribution in [0, 0.1) is 0 Å². The maximum absolute atomic E-state index is 10.7. The largest absolute Gasteiger partial charge is 0.365 e. The minimum absolute atomic E-state index is 0.0313. The molecule has 0 heterocycles. The Morgan fingerprint density at radius 3 is 1.67 bits per heavy atom. The third-order valence-corrected chi connectivity index (χ3v) is 4.43. The zero-order valence-electron chi connectivity index (χ0n) is 15.6. The second-order valence-corrected chi connectivity index (χ2v) is 6.87. The van der Waals surface area contributed by atoms with Crippen LogP contribution < -0.4 is 5.73 Å². The van der Waals surface area contributed by atoms with Gasteiger partial charge in [-0.05, 0) is 32.1 Å². The third kappa shape index (κ3) is 14.7. The predicted molar refractivity (Wildman–Crippen MR) is 100 cm³/mol. The highest BCUT2D eigenvalue weighted by Crippen LogP contribution is 2.14. The fourth-order valence-corrected chi connectivity index (χ4v) is 2.74. The molecule has 0 bridgehead atoms. The highest BCUT2D eigenvalue weighted by Gasteiger charge is 2.29. The van der Waals surface area contributed by atoms with Gasteiger partial charge in [-0.2, -0.15) is 0 Å². The average molecular weight is 342 g/mol. The Labute approximate surface area is 148 Å². The van der Waals surface area contributed by atoms with Crippen LogP contribution in [-0.2, 0) is 4.79 Å². The number of carbonyl (C=O) groups is 1. The van der Waals surface area contributed by atoms with Gasteiger partial charge in [-0.25, -0.2) is 0 Å². The number of unbranched alkanes of at least 4 members (excludes halogenated alkanes) is 12. The first-order valence-corrected chi connectivity index (χ1v) is 9.90. The van der Waals surface area contributed by atoms with Gasteiger partial charge >= 0.3 is 0 Å². The lowest BCUT2D eigenvalue weighted by atomic mass is 10.0. The summed E-state index contributed by atoms with van der Waals surface area (Å²) in [5, 5.41) is 18.6. The van der Waals surface area contributed by atoms with E-state index in [1.807, 2.05) is 0 Å². The summed E-state index contributed by atoms with van der Waals surface area (Å²) in [5.41, 5.74) is 4.89. The van der Waals surface area contributed by atoms with Crippen molar-refractivity contribution < 1.29 is 15.0 Å². The summed E-state index contributed by atoms with van der Waals surface area (Å²) in [6, 6.07) is 0. The van der Waals surface area contributed by atoms with Crippen molar-refractivity contribution in [1.29, 1.82) is 0 Å². The smallest absolute Gasteiger partial charge is 0.277 e. The third-order valence-electron chi connectivity index (χ3n) is 4.43. The van der Waals surface area contributed by atoms with Crippen molar-refractivity contribution in [2.45, 2.75) is 109 Å². The van der Waals surface area contributed by atoms with E-state index in [0.717, 1.165) is 25.7 Å². The van der Waals surface area contributed by atoms with E-state index in [1.54, 1.807) is 0 Å². The fourth-order valence-electron chi connectivity index (χ4n) is 2.74. The Morgan fingerprint density at radius 2 is 1.21 bits per heavy atom. The van der Waals surface area contributed by atoms with Gasteiger partial charge in [0.2, 0.25) is 5.79 Å². The summed E-state index contributed by atoms with van der Waals surface area (Å²) in [7, 11) is 0. The lowest BCUT2D eigenvalue weighted by Crippen LogP contribution is -2.43. The molecule has 1 amide bonds. The Morgan fingerprint density at radius 1 is 0.792 bits per heavy atom. The second kappa shape index (κ2) is 15.6. The molecule has 0 fully saturated rings. The average Bonchev–Trinajstić information content (AvgIpc) is 2.54. The molecule has 0 radical (unpaired) electrons. The molecule has 142 valence electrons. The summed E-state index contributed by atoms with van der Waals surface area (Å²) in [5.74, 6) is -3.39. The zero-order chi connectivity index (χ0) is 18.1. The molecule has 0 unspecified atom stereocenters. The van der Waals surface area contributed by atoms with Crippen LogP contribution in [0.3, 0.4) is 0 Å². The van der Waals surface area contributed by atoms with Crippen molar-refractivity contribution >= 4 is 5.91 Å². The fraction of sp³-hybridized carbons (Fsp3) is 0.850. The highest BCUT2D eigenvalue weighted by molar-refractivity contribution is 5.81. The number of amides is 1. The summed E-state index contributed by atoms with van der Waals surface area (Å²) in [6.07, 6.45) is 21.4. The van der Waals surface area contributed by atoms with Gasteiger partial charge < -0.3 is 15.9 Å². The lowest BCUT2D eigenvalue weighted by molar-refractivity contribution is -0.184. The normalized spacial score (nSPS) is 12.1. The topological polar surface area (TPSA) is 83.6 Å². The first kappa shape index (κ1) is 23.1. The molecule has 4 N–H and O–H groups in total. The number of nitrogens with two attached hydrogens (primary N) is 1. The van der Waals surface area contributed by atoms with Gasteiger partial charge in [0.05, 0.1) is 0 Å². The van der Waals surface area contributed by atoms with Crippen molar-refractivity contribution in [2.75, 3.05) is 0 Å². The van der Waals surface area contributed by atoms with Crippen molar-refractivity contribution in [1.82, 2.24) is 0 Å². The molecule has 4 heteroatoms. The van der Waals surface area contributed by atoms with Gasteiger partial charge in [-0.3, -0.25) is 4.79 Å². The van der Waals surface area contributed by atoms with Crippen LogP contribution in [0.15, 0.2) is 12.2 Å². The highest BCUT2D eigenvalue weighted by atomic mass is 16.5. The van der Waals surface area contributed by atoms with Gasteiger partial charge in [-0.15, -0.1) is 0 Å². The summed E-state index contributed by atoms with van der Waals surface area (Å²) < 4.78 is 0. The number of hydrogen-bond donors (Lipinski definition) is 3. The molecule has 0 aliphatic heterocycles. The number of primary amides is 1. The number of allylic oxidation sites excluding steroid dienone is 2. The monoisotopic (exact) mass is 341 g/mol. The van der Waals surface area contributed by atoms with Gasteiger partial charge in [0, 0.05) is 6.42 Å². The Bertz CT molecular complexity index is 327. The molecule has 0 aromatic heterocycles. The van der Waals surface area contributed by atoms with Crippen LogP contribution >= 0.6 is 0 Å². The molecule has 0 rings (SSSR count). The van der Waals surface area contributed by atoms with Crippen LogP contribution in [0.1, 0.15) is 103 Å². The van der Waals surface area contributed by atoms with Crippen LogP contribution in [0.5, 0.6) is 0 Å². The first-order valence-electron chi connectivity index (χ1n) is 9.90. The van der Waals surface area contributed by atoms with Gasteiger partial charge in [0.15, 0.2) is 0 Å². The van der Waals surface area contributed by atoms with Crippen LogP contribution in [0.4, 0.5) is 0 Å². The van der Waals surface area contributed by atoms with E-state index in [9.17, 15) is 15.0 Å². The maximum atomic E-state index is 10.7. The van der Waals surface area contributed by atoms with Crippen molar-refractivity contribution in [2.24, 2.45) is 5.73 Å². The zero-order valence-corrected chi connectivity index (χ0v) is 15.6. The van der Waals surface area contributed by atoms with E-state index in [0.29, 0.717) is 6.42 Å². The Balaban J connectivity index is 3.25. The van der Waals surface area contributed by atoms with Gasteiger partial charge in [0.1, 0.15) is 0 Å². The SMILES string of the molecule is CCCCCCCC/C=C\CCCCCCCCC(O)(O)C(N)=O. The van der Waals surface area contributed by atoms with Crippen LogP contribution in [0.25, 0.3) is 0 Å². The Kier molecular flexibility index (Phi) is 15.1. The van der Waals surface area contributed by atoms with Crippen LogP contribution in [0.2, 0.25) is 0 Å². The standard InChI is InChI=1S/C20H39NO3/c1-2-3-4-5-6-7-8-9-10-11-12-13-14-15-16-17-18-20(23,24)19(21)22/h9-10,23-24H,2-8,11-18H2,1H3,(H2,21,22)/b10-9-. The number of aliphatic hydroxyl groups is 2. The summed E-state index contributed by atoms with van der Waals surface area (Å²) in [6.45, 7) is 2.25. The molecule has 0 aliphatic carbocycles. The molecular formula is C20H39NO3. The molecule has 0 saturated heterocycles. The predicted octanol–water partition coefficient (Wildman–Crippen LogP) is 4.58. The minimum atomic E-state index is -2.33. The van der Waals surface area contributed by atoms with E-state index in [4.69, 9.17) is 5.73 Å². The first-order chi connectivity index (χ1) is 11.5. The van der Waals surface area contributed by atoms with E-state index in [1.165, 1.54) is 57.8 Å². The molecule has 4 nitrogen and oxygen atoms in total. The molecule has 0 aliphatic rings. The molecule has 0 saturated carbocycles. The Hall–Kier alpha value is -0.870. The van der Waals surface area contributed by atoms with Gasteiger partial charge in [0.25, 0.3) is 5.91 Å². The number of rotatable bonds is 17. The molecule has 0 atom stereocenters. The van der Waals surface area contributed by atoms with Crippen molar-refractivity contribution in [3.63, 3.8) is 0 Å². The lowest BCUT2D eigenvalue weighted by Gasteiger charge is -2.16.